The standard InChI is InChI=1S/C13H24N2O5S/c1-21(19,20)10-7-11(12(16)17)14-13(18)15-8-5-3-2-4-6-9-15/h11H,2-10H2,1H3,(H,14,18)(H,16,17). The molecule has 1 fully saturated rings. The zero-order valence-electron chi connectivity index (χ0n) is 12.4. The van der Waals surface area contributed by atoms with Crippen molar-refractivity contribution in [1.29, 1.82) is 0 Å². The number of amides is 2. The second-order valence-electron chi connectivity index (χ2n) is 5.51. The largest absolute Gasteiger partial charge is 0.480 e. The number of sulfone groups is 1. The minimum atomic E-state index is -3.25. The van der Waals surface area contributed by atoms with E-state index in [1.165, 1.54) is 6.42 Å². The second-order valence-corrected chi connectivity index (χ2v) is 7.77. The fourth-order valence-corrected chi connectivity index (χ4v) is 2.94. The van der Waals surface area contributed by atoms with Gasteiger partial charge in [-0.2, -0.15) is 0 Å². The van der Waals surface area contributed by atoms with Gasteiger partial charge < -0.3 is 15.3 Å². The van der Waals surface area contributed by atoms with Gasteiger partial charge in [0.25, 0.3) is 0 Å². The lowest BCUT2D eigenvalue weighted by atomic mass is 10.1. The van der Waals surface area contributed by atoms with Crippen LogP contribution in [0.1, 0.15) is 38.5 Å². The highest BCUT2D eigenvalue weighted by atomic mass is 32.2. The molecular formula is C13H24N2O5S. The molecule has 1 heterocycles. The molecule has 7 nitrogen and oxygen atoms in total. The van der Waals surface area contributed by atoms with Crippen LogP contribution >= 0.6 is 0 Å². The van der Waals surface area contributed by atoms with Crippen LogP contribution in [-0.2, 0) is 14.6 Å². The Morgan fingerprint density at radius 2 is 1.67 bits per heavy atom. The molecule has 2 N–H and O–H groups in total. The summed E-state index contributed by atoms with van der Waals surface area (Å²) in [6.07, 6.45) is 6.06. The molecule has 0 aromatic rings. The van der Waals surface area contributed by atoms with Crippen molar-refractivity contribution >= 4 is 21.8 Å². The number of carbonyl (C=O) groups is 2. The number of urea groups is 1. The number of carbonyl (C=O) groups excluding carboxylic acids is 1. The second kappa shape index (κ2) is 8.21. The third-order valence-corrected chi connectivity index (χ3v) is 4.49. The van der Waals surface area contributed by atoms with Gasteiger partial charge in [-0.05, 0) is 19.3 Å². The van der Waals surface area contributed by atoms with Crippen LogP contribution in [0.15, 0.2) is 0 Å². The predicted octanol–water partition coefficient (Wildman–Crippen LogP) is 0.850. The zero-order valence-corrected chi connectivity index (χ0v) is 13.2. The molecule has 1 rings (SSSR count). The monoisotopic (exact) mass is 320 g/mol. The third-order valence-electron chi connectivity index (χ3n) is 3.52. The van der Waals surface area contributed by atoms with Crippen LogP contribution in [0.2, 0.25) is 0 Å². The summed E-state index contributed by atoms with van der Waals surface area (Å²) in [5.41, 5.74) is 0. The van der Waals surface area contributed by atoms with Crippen LogP contribution in [0.25, 0.3) is 0 Å². The number of carboxylic acid groups (broad SMARTS) is 1. The molecule has 1 aliphatic rings. The fraction of sp³-hybridized carbons (Fsp3) is 0.846. The number of likely N-dealkylation sites (tertiary alicyclic amines) is 1. The summed E-state index contributed by atoms with van der Waals surface area (Å²) in [6, 6.07) is -1.59. The van der Waals surface area contributed by atoms with Gasteiger partial charge in [0.1, 0.15) is 15.9 Å². The normalized spacial score (nSPS) is 18.4. The van der Waals surface area contributed by atoms with Crippen LogP contribution in [-0.4, -0.2) is 61.6 Å². The average molecular weight is 320 g/mol. The molecule has 8 heteroatoms. The van der Waals surface area contributed by atoms with Gasteiger partial charge in [0.15, 0.2) is 0 Å². The van der Waals surface area contributed by atoms with E-state index in [0.29, 0.717) is 13.1 Å². The highest BCUT2D eigenvalue weighted by Crippen LogP contribution is 2.11. The number of nitrogens with one attached hydrogen (secondary N) is 1. The molecule has 1 atom stereocenters. The van der Waals surface area contributed by atoms with E-state index in [0.717, 1.165) is 31.9 Å². The first kappa shape index (κ1) is 17.7. The highest BCUT2D eigenvalue weighted by Gasteiger charge is 2.24. The summed E-state index contributed by atoms with van der Waals surface area (Å²) in [5, 5.41) is 11.5. The number of carboxylic acids is 1. The number of nitrogens with zero attached hydrogens (tertiary/aromatic N) is 1. The van der Waals surface area contributed by atoms with Gasteiger partial charge in [-0.15, -0.1) is 0 Å². The number of hydrogen-bond acceptors (Lipinski definition) is 4. The lowest BCUT2D eigenvalue weighted by Crippen LogP contribution is -2.49. The maximum absolute atomic E-state index is 12.1. The van der Waals surface area contributed by atoms with Gasteiger partial charge in [0.05, 0.1) is 5.75 Å². The summed E-state index contributed by atoms with van der Waals surface area (Å²) in [4.78, 5) is 24.9. The molecule has 0 spiro atoms. The first-order valence-corrected chi connectivity index (χ1v) is 9.31. The lowest BCUT2D eigenvalue weighted by molar-refractivity contribution is -0.139. The summed E-state index contributed by atoms with van der Waals surface area (Å²) in [6.45, 7) is 1.23. The Morgan fingerprint density at radius 1 is 1.14 bits per heavy atom. The van der Waals surface area contributed by atoms with Gasteiger partial charge in [-0.3, -0.25) is 0 Å². The summed E-state index contributed by atoms with van der Waals surface area (Å²) in [7, 11) is -3.25. The van der Waals surface area contributed by atoms with Crippen LogP contribution in [0.4, 0.5) is 4.79 Å². The molecule has 1 unspecified atom stereocenters. The van der Waals surface area contributed by atoms with E-state index in [4.69, 9.17) is 5.11 Å². The number of rotatable bonds is 5. The van der Waals surface area contributed by atoms with Gasteiger partial charge in [0, 0.05) is 19.3 Å². The average Bonchev–Trinajstić information content (AvgIpc) is 2.32. The Bertz CT molecular complexity index is 455. The molecule has 0 saturated carbocycles. The third kappa shape index (κ3) is 7.31. The minimum absolute atomic E-state index is 0.117. The van der Waals surface area contributed by atoms with Crippen molar-refractivity contribution in [2.45, 2.75) is 44.6 Å². The van der Waals surface area contributed by atoms with Gasteiger partial charge in [-0.1, -0.05) is 19.3 Å². The smallest absolute Gasteiger partial charge is 0.326 e. The van der Waals surface area contributed by atoms with Crippen LogP contribution in [0.3, 0.4) is 0 Å². The van der Waals surface area contributed by atoms with Crippen molar-refractivity contribution in [3.8, 4) is 0 Å². The molecule has 0 radical (unpaired) electrons. The van der Waals surface area contributed by atoms with Gasteiger partial charge >= 0.3 is 12.0 Å². The summed E-state index contributed by atoms with van der Waals surface area (Å²) >= 11 is 0. The van der Waals surface area contributed by atoms with Crippen LogP contribution in [0.5, 0.6) is 0 Å². The number of aliphatic carboxylic acids is 1. The quantitative estimate of drug-likeness (QED) is 0.781. The molecule has 1 saturated heterocycles. The molecule has 21 heavy (non-hydrogen) atoms. The Morgan fingerprint density at radius 3 is 2.14 bits per heavy atom. The van der Waals surface area contributed by atoms with E-state index in [1.807, 2.05) is 0 Å². The molecule has 0 bridgehead atoms. The van der Waals surface area contributed by atoms with E-state index < -0.39 is 27.9 Å². The molecule has 0 aromatic heterocycles. The van der Waals surface area contributed by atoms with E-state index in [9.17, 15) is 18.0 Å². The molecule has 0 aliphatic carbocycles. The maximum atomic E-state index is 12.1. The SMILES string of the molecule is CS(=O)(=O)CCC(NC(=O)N1CCCCCCC1)C(=O)O. The van der Waals surface area contributed by atoms with E-state index >= 15 is 0 Å². The van der Waals surface area contributed by atoms with Gasteiger partial charge in [0.2, 0.25) is 0 Å². The Labute approximate surface area is 125 Å². The summed E-state index contributed by atoms with van der Waals surface area (Å²) in [5.74, 6) is -1.47. The van der Waals surface area contributed by atoms with E-state index in [2.05, 4.69) is 5.32 Å². The number of hydrogen-bond donors (Lipinski definition) is 2. The van der Waals surface area contributed by atoms with E-state index in [1.54, 1.807) is 4.90 Å². The Kier molecular flexibility index (Phi) is 6.94. The van der Waals surface area contributed by atoms with Crippen molar-refractivity contribution in [2.24, 2.45) is 0 Å². The van der Waals surface area contributed by atoms with E-state index in [-0.39, 0.29) is 12.2 Å². The molecule has 0 aromatic carbocycles. The molecule has 2 amide bonds. The molecule has 1 aliphatic heterocycles. The van der Waals surface area contributed by atoms with Crippen LogP contribution in [0, 0.1) is 0 Å². The van der Waals surface area contributed by atoms with Crippen molar-refractivity contribution in [1.82, 2.24) is 10.2 Å². The lowest BCUT2D eigenvalue weighted by Gasteiger charge is -2.26. The minimum Gasteiger partial charge on any atom is -0.480 e. The van der Waals surface area contributed by atoms with Crippen molar-refractivity contribution in [3.63, 3.8) is 0 Å². The highest BCUT2D eigenvalue weighted by molar-refractivity contribution is 7.90. The Balaban J connectivity index is 2.56. The molecular weight excluding hydrogens is 296 g/mol. The van der Waals surface area contributed by atoms with Gasteiger partial charge in [-0.25, -0.2) is 18.0 Å². The zero-order chi connectivity index (χ0) is 15.9. The Hall–Kier alpha value is -1.31. The van der Waals surface area contributed by atoms with Crippen molar-refractivity contribution in [2.75, 3.05) is 25.1 Å². The molecule has 122 valence electrons. The first-order valence-electron chi connectivity index (χ1n) is 7.25. The topological polar surface area (TPSA) is 104 Å². The predicted molar refractivity (Wildman–Crippen MR) is 78.9 cm³/mol. The van der Waals surface area contributed by atoms with Crippen molar-refractivity contribution < 1.29 is 23.1 Å². The van der Waals surface area contributed by atoms with Crippen molar-refractivity contribution in [3.05, 3.63) is 0 Å². The summed E-state index contributed by atoms with van der Waals surface area (Å²) < 4.78 is 22.2. The maximum Gasteiger partial charge on any atom is 0.326 e. The fourth-order valence-electron chi connectivity index (χ4n) is 2.28. The van der Waals surface area contributed by atoms with Crippen LogP contribution < -0.4 is 5.32 Å². The first-order chi connectivity index (χ1) is 9.79.